The number of fused-ring (bicyclic) bond motifs is 2. The van der Waals surface area contributed by atoms with E-state index in [2.05, 4.69) is 10.1 Å². The minimum atomic E-state index is -5.35. The van der Waals surface area contributed by atoms with E-state index in [9.17, 15) is 32.3 Å². The first kappa shape index (κ1) is 25.8. The number of ketones is 2. The molecule has 0 spiro atoms. The second-order valence-corrected chi connectivity index (χ2v) is 7.55. The molecule has 1 aliphatic rings. The normalized spacial score (nSPS) is 14.5. The highest BCUT2D eigenvalue weighted by atomic mass is 19.4. The molecule has 0 bridgehead atoms. The van der Waals surface area contributed by atoms with Crippen molar-refractivity contribution in [1.82, 2.24) is 0 Å². The smallest absolute Gasteiger partial charge is 0.435 e. The molecular formula is C23H21F3N2O7. The number of ether oxygens (including phenoxy) is 3. The summed E-state index contributed by atoms with van der Waals surface area (Å²) in [7, 11) is 0. The van der Waals surface area contributed by atoms with Gasteiger partial charge in [-0.3, -0.25) is 14.4 Å². The second kappa shape index (κ2) is 10.2. The van der Waals surface area contributed by atoms with Gasteiger partial charge in [0.05, 0.1) is 17.9 Å². The lowest BCUT2D eigenvalue weighted by molar-refractivity contribution is -0.189. The summed E-state index contributed by atoms with van der Waals surface area (Å²) in [5.74, 6) is -5.34. The van der Waals surface area contributed by atoms with Crippen LogP contribution in [0.2, 0.25) is 0 Å². The van der Waals surface area contributed by atoms with Gasteiger partial charge in [0.25, 0.3) is 0 Å². The van der Waals surface area contributed by atoms with Crippen molar-refractivity contribution in [1.29, 1.82) is 0 Å². The SMILES string of the molecule is CC(OCCNc1ccc2c(c1OC(=O)C(F)(F)F)C(=O)c1ccccc1C2=O)OC(=O)[C@H](C)N. The standard InChI is InChI=1S/C23H21F3N2O7/c1-11(27)21(31)34-12(2)33-10-9-28-16-8-7-15-17(20(16)35-22(32)23(24,25)26)19(30)14-6-4-3-5-13(14)18(15)29/h3-8,11-12,28H,9-10,27H2,1-2H3/t11-,12?/m0/s1. The molecular weight excluding hydrogens is 473 g/mol. The quantitative estimate of drug-likeness (QED) is 0.210. The first-order chi connectivity index (χ1) is 16.4. The van der Waals surface area contributed by atoms with Crippen LogP contribution in [0.5, 0.6) is 5.75 Å². The maximum absolute atomic E-state index is 13.1. The van der Waals surface area contributed by atoms with Crippen LogP contribution in [-0.4, -0.2) is 55.2 Å². The summed E-state index contributed by atoms with van der Waals surface area (Å²) in [5, 5.41) is 2.71. The number of benzene rings is 2. The largest absolute Gasteiger partial charge is 0.491 e. The third kappa shape index (κ3) is 5.66. The summed E-state index contributed by atoms with van der Waals surface area (Å²) in [4.78, 5) is 49.1. The molecule has 1 aliphatic carbocycles. The number of nitrogens with one attached hydrogen (secondary N) is 1. The highest BCUT2D eigenvalue weighted by molar-refractivity contribution is 6.30. The fourth-order valence-corrected chi connectivity index (χ4v) is 3.27. The molecule has 1 unspecified atom stereocenters. The van der Waals surface area contributed by atoms with Crippen LogP contribution in [0, 0.1) is 0 Å². The van der Waals surface area contributed by atoms with Crippen LogP contribution in [0.4, 0.5) is 18.9 Å². The van der Waals surface area contributed by atoms with Gasteiger partial charge < -0.3 is 25.3 Å². The molecule has 186 valence electrons. The lowest BCUT2D eigenvalue weighted by Gasteiger charge is -2.22. The van der Waals surface area contributed by atoms with Crippen molar-refractivity contribution in [3.05, 3.63) is 58.7 Å². The Balaban J connectivity index is 1.87. The van der Waals surface area contributed by atoms with Gasteiger partial charge in [-0.1, -0.05) is 24.3 Å². The topological polar surface area (TPSA) is 134 Å². The van der Waals surface area contributed by atoms with Crippen LogP contribution in [0.3, 0.4) is 0 Å². The lowest BCUT2D eigenvalue weighted by atomic mass is 9.83. The van der Waals surface area contributed by atoms with Gasteiger partial charge in [0.1, 0.15) is 6.04 Å². The van der Waals surface area contributed by atoms with Crippen LogP contribution in [-0.2, 0) is 19.1 Å². The average molecular weight is 494 g/mol. The van der Waals surface area contributed by atoms with Crippen LogP contribution < -0.4 is 15.8 Å². The van der Waals surface area contributed by atoms with E-state index in [0.29, 0.717) is 0 Å². The molecule has 0 aliphatic heterocycles. The molecule has 3 N–H and O–H groups in total. The van der Waals surface area contributed by atoms with Gasteiger partial charge in [-0.25, -0.2) is 4.79 Å². The zero-order valence-corrected chi connectivity index (χ0v) is 18.6. The summed E-state index contributed by atoms with van der Waals surface area (Å²) < 4.78 is 53.6. The molecule has 3 rings (SSSR count). The Bertz CT molecular complexity index is 1180. The molecule has 35 heavy (non-hydrogen) atoms. The number of halogens is 3. The van der Waals surface area contributed by atoms with Crippen LogP contribution in [0.25, 0.3) is 0 Å². The van der Waals surface area contributed by atoms with Gasteiger partial charge in [-0.2, -0.15) is 13.2 Å². The molecule has 0 saturated heterocycles. The van der Waals surface area contributed by atoms with Gasteiger partial charge in [0.15, 0.2) is 23.6 Å². The van der Waals surface area contributed by atoms with Crippen molar-refractivity contribution in [2.45, 2.75) is 32.4 Å². The van der Waals surface area contributed by atoms with Gasteiger partial charge in [0, 0.05) is 23.2 Å². The Kier molecular flexibility index (Phi) is 7.56. The Morgan fingerprint density at radius 3 is 2.23 bits per heavy atom. The summed E-state index contributed by atoms with van der Waals surface area (Å²) in [5.41, 5.74) is 4.64. The van der Waals surface area contributed by atoms with Crippen LogP contribution >= 0.6 is 0 Å². The molecule has 2 aromatic rings. The van der Waals surface area contributed by atoms with E-state index in [1.807, 2.05) is 0 Å². The monoisotopic (exact) mass is 494 g/mol. The third-order valence-electron chi connectivity index (χ3n) is 4.90. The zero-order valence-electron chi connectivity index (χ0n) is 18.6. The highest BCUT2D eigenvalue weighted by Crippen LogP contribution is 2.39. The molecule has 2 aromatic carbocycles. The van der Waals surface area contributed by atoms with Crippen LogP contribution in [0.1, 0.15) is 45.7 Å². The number of esters is 2. The van der Waals surface area contributed by atoms with E-state index in [4.69, 9.17) is 15.2 Å². The minimum Gasteiger partial charge on any atom is -0.435 e. The average Bonchev–Trinajstić information content (AvgIpc) is 2.80. The summed E-state index contributed by atoms with van der Waals surface area (Å²) >= 11 is 0. The van der Waals surface area contributed by atoms with Crippen molar-refractivity contribution in [3.63, 3.8) is 0 Å². The number of nitrogens with two attached hydrogens (primary N) is 1. The summed E-state index contributed by atoms with van der Waals surface area (Å²) in [6.45, 7) is 2.74. The Morgan fingerprint density at radius 2 is 1.63 bits per heavy atom. The number of rotatable bonds is 8. The van der Waals surface area contributed by atoms with Crippen molar-refractivity contribution in [2.24, 2.45) is 5.73 Å². The van der Waals surface area contributed by atoms with E-state index in [0.717, 1.165) is 0 Å². The van der Waals surface area contributed by atoms with E-state index < -0.39 is 53.3 Å². The third-order valence-corrected chi connectivity index (χ3v) is 4.90. The van der Waals surface area contributed by atoms with E-state index >= 15 is 0 Å². The number of alkyl halides is 3. The maximum Gasteiger partial charge on any atom is 0.491 e. The van der Waals surface area contributed by atoms with Crippen LogP contribution in [0.15, 0.2) is 36.4 Å². The number of anilines is 1. The number of hydrogen-bond donors (Lipinski definition) is 2. The first-order valence-electron chi connectivity index (χ1n) is 10.4. The van der Waals surface area contributed by atoms with E-state index in [1.54, 1.807) is 6.07 Å². The number of hydrogen-bond acceptors (Lipinski definition) is 9. The van der Waals surface area contributed by atoms with Gasteiger partial charge >= 0.3 is 18.1 Å². The number of carbonyl (C=O) groups is 4. The van der Waals surface area contributed by atoms with Crippen molar-refractivity contribution in [3.8, 4) is 5.75 Å². The van der Waals surface area contributed by atoms with E-state index in [1.165, 1.54) is 44.2 Å². The molecule has 2 atom stereocenters. The Morgan fingerprint density at radius 1 is 1.00 bits per heavy atom. The zero-order chi connectivity index (χ0) is 25.9. The molecule has 9 nitrogen and oxygen atoms in total. The van der Waals surface area contributed by atoms with E-state index in [-0.39, 0.29) is 35.5 Å². The molecule has 0 saturated carbocycles. The molecule has 0 heterocycles. The predicted molar refractivity (Wildman–Crippen MR) is 115 cm³/mol. The molecule has 12 heteroatoms. The van der Waals surface area contributed by atoms with Gasteiger partial charge in [-0.05, 0) is 26.0 Å². The fraction of sp³-hybridized carbons (Fsp3) is 0.304. The first-order valence-corrected chi connectivity index (χ1v) is 10.4. The van der Waals surface area contributed by atoms with Gasteiger partial charge in [0.2, 0.25) is 0 Å². The minimum absolute atomic E-state index is 0.0282. The van der Waals surface area contributed by atoms with Gasteiger partial charge in [-0.15, -0.1) is 0 Å². The highest BCUT2D eigenvalue weighted by Gasteiger charge is 2.43. The molecule has 0 amide bonds. The summed E-state index contributed by atoms with van der Waals surface area (Å²) in [6.07, 6.45) is -6.31. The molecule has 0 radical (unpaired) electrons. The van der Waals surface area contributed by atoms with Crippen molar-refractivity contribution >= 4 is 29.2 Å². The predicted octanol–water partition coefficient (Wildman–Crippen LogP) is 2.59. The second-order valence-electron chi connectivity index (χ2n) is 7.55. The van der Waals surface area contributed by atoms with Crippen molar-refractivity contribution < 1.29 is 46.6 Å². The Hall–Kier alpha value is -3.77. The fourth-order valence-electron chi connectivity index (χ4n) is 3.27. The molecule has 0 aromatic heterocycles. The Labute approximate surface area is 197 Å². The lowest BCUT2D eigenvalue weighted by Crippen LogP contribution is -2.32. The van der Waals surface area contributed by atoms with Crippen molar-refractivity contribution in [2.75, 3.05) is 18.5 Å². The summed E-state index contributed by atoms with van der Waals surface area (Å²) in [6, 6.07) is 7.43. The number of carbonyl (C=O) groups excluding carboxylic acids is 4. The maximum atomic E-state index is 13.1. The molecule has 0 fully saturated rings.